The zero-order chi connectivity index (χ0) is 13.0. The van der Waals surface area contributed by atoms with E-state index in [9.17, 15) is 4.79 Å². The Bertz CT molecular complexity index is 403. The van der Waals surface area contributed by atoms with Crippen molar-refractivity contribution in [1.82, 2.24) is 14.7 Å². The van der Waals surface area contributed by atoms with E-state index >= 15 is 0 Å². The van der Waals surface area contributed by atoms with E-state index in [1.807, 2.05) is 19.4 Å². The second-order valence-corrected chi connectivity index (χ2v) is 5.06. The van der Waals surface area contributed by atoms with E-state index in [0.29, 0.717) is 0 Å². The van der Waals surface area contributed by atoms with Gasteiger partial charge in [0.05, 0.1) is 12.6 Å². The van der Waals surface area contributed by atoms with Gasteiger partial charge in [0.1, 0.15) is 0 Å². The third-order valence-corrected chi connectivity index (χ3v) is 3.61. The fourth-order valence-corrected chi connectivity index (χ4v) is 2.66. The van der Waals surface area contributed by atoms with Crippen LogP contribution in [-0.2, 0) is 18.3 Å². The predicted octanol–water partition coefficient (Wildman–Crippen LogP) is 1.29. The minimum atomic E-state index is -0.687. The molecule has 1 atom stereocenters. The van der Waals surface area contributed by atoms with Crippen LogP contribution in [0.3, 0.4) is 0 Å². The minimum absolute atomic E-state index is 0.216. The van der Waals surface area contributed by atoms with Crippen molar-refractivity contribution < 1.29 is 9.90 Å². The summed E-state index contributed by atoms with van der Waals surface area (Å²) >= 11 is 0. The third-order valence-electron chi connectivity index (χ3n) is 3.61. The Morgan fingerprint density at radius 2 is 2.39 bits per heavy atom. The summed E-state index contributed by atoms with van der Waals surface area (Å²) in [6, 6.07) is 0.216. The molecule has 0 bridgehead atoms. The van der Waals surface area contributed by atoms with Crippen LogP contribution in [-0.4, -0.2) is 44.9 Å². The number of carbonyl (C=O) groups is 1. The van der Waals surface area contributed by atoms with E-state index in [-0.39, 0.29) is 12.5 Å². The summed E-state index contributed by atoms with van der Waals surface area (Å²) in [6.45, 7) is 1.96. The maximum atomic E-state index is 10.9. The number of piperidine rings is 1. The van der Waals surface area contributed by atoms with Crippen molar-refractivity contribution in [3.8, 4) is 0 Å². The van der Waals surface area contributed by atoms with Crippen molar-refractivity contribution >= 4 is 5.97 Å². The number of carboxylic acid groups (broad SMARTS) is 1. The highest BCUT2D eigenvalue weighted by Gasteiger charge is 2.24. The highest BCUT2D eigenvalue weighted by molar-refractivity contribution is 5.67. The molecule has 1 unspecified atom stereocenters. The molecule has 0 saturated carbocycles. The van der Waals surface area contributed by atoms with Crippen LogP contribution in [0.5, 0.6) is 0 Å². The molecular formula is C13H21N3O2. The lowest BCUT2D eigenvalue weighted by molar-refractivity contribution is -0.138. The first kappa shape index (κ1) is 13.1. The number of carboxylic acids is 1. The van der Waals surface area contributed by atoms with Gasteiger partial charge in [0.2, 0.25) is 0 Å². The van der Waals surface area contributed by atoms with Crippen LogP contribution in [0.15, 0.2) is 12.4 Å². The van der Waals surface area contributed by atoms with Crippen molar-refractivity contribution in [2.45, 2.75) is 38.1 Å². The molecule has 1 aliphatic rings. The molecule has 1 aromatic rings. The quantitative estimate of drug-likeness (QED) is 0.856. The fraction of sp³-hybridized carbons (Fsp3) is 0.692. The van der Waals surface area contributed by atoms with Crippen LogP contribution < -0.4 is 0 Å². The Morgan fingerprint density at radius 3 is 3.06 bits per heavy atom. The number of aliphatic carboxylic acids is 1. The molecular weight excluding hydrogens is 230 g/mol. The lowest BCUT2D eigenvalue weighted by Gasteiger charge is -2.34. The molecule has 2 rings (SSSR count). The SMILES string of the molecule is Cn1cc(CCN2CCCCC2CC(=O)O)cn1. The van der Waals surface area contributed by atoms with E-state index in [2.05, 4.69) is 10.00 Å². The summed E-state index contributed by atoms with van der Waals surface area (Å²) in [7, 11) is 1.91. The summed E-state index contributed by atoms with van der Waals surface area (Å²) in [5.41, 5.74) is 1.22. The van der Waals surface area contributed by atoms with Gasteiger partial charge in [0, 0.05) is 25.8 Å². The maximum absolute atomic E-state index is 10.9. The monoisotopic (exact) mass is 251 g/mol. The summed E-state index contributed by atoms with van der Waals surface area (Å²) in [5, 5.41) is 13.1. The lowest BCUT2D eigenvalue weighted by atomic mass is 9.99. The smallest absolute Gasteiger partial charge is 0.304 e. The molecule has 18 heavy (non-hydrogen) atoms. The largest absolute Gasteiger partial charge is 0.481 e. The molecule has 0 radical (unpaired) electrons. The van der Waals surface area contributed by atoms with Gasteiger partial charge in [-0.05, 0) is 31.4 Å². The topological polar surface area (TPSA) is 58.4 Å². The second kappa shape index (κ2) is 6.00. The fourth-order valence-electron chi connectivity index (χ4n) is 2.66. The van der Waals surface area contributed by atoms with Gasteiger partial charge in [-0.1, -0.05) is 6.42 Å². The Labute approximate surface area is 107 Å². The van der Waals surface area contributed by atoms with Gasteiger partial charge in [-0.3, -0.25) is 14.4 Å². The second-order valence-electron chi connectivity index (χ2n) is 5.06. The molecule has 1 aromatic heterocycles. The van der Waals surface area contributed by atoms with Gasteiger partial charge in [-0.25, -0.2) is 0 Å². The summed E-state index contributed by atoms with van der Waals surface area (Å²) in [4.78, 5) is 13.2. The van der Waals surface area contributed by atoms with E-state index in [1.54, 1.807) is 4.68 Å². The summed E-state index contributed by atoms with van der Waals surface area (Å²) in [6.07, 6.45) is 8.48. The van der Waals surface area contributed by atoms with Crippen LogP contribution in [0, 0.1) is 0 Å². The molecule has 5 heteroatoms. The van der Waals surface area contributed by atoms with Crippen molar-refractivity contribution in [3.05, 3.63) is 18.0 Å². The molecule has 0 spiro atoms. The van der Waals surface area contributed by atoms with Gasteiger partial charge in [0.25, 0.3) is 0 Å². The molecule has 100 valence electrons. The molecule has 5 nitrogen and oxygen atoms in total. The van der Waals surface area contributed by atoms with Crippen molar-refractivity contribution in [2.24, 2.45) is 7.05 Å². The Balaban J connectivity index is 1.87. The number of nitrogens with zero attached hydrogens (tertiary/aromatic N) is 3. The van der Waals surface area contributed by atoms with Crippen molar-refractivity contribution in [2.75, 3.05) is 13.1 Å². The minimum Gasteiger partial charge on any atom is -0.481 e. The molecule has 1 saturated heterocycles. The highest BCUT2D eigenvalue weighted by Crippen LogP contribution is 2.20. The van der Waals surface area contributed by atoms with Crippen LogP contribution in [0.2, 0.25) is 0 Å². The van der Waals surface area contributed by atoms with E-state index in [1.165, 1.54) is 12.0 Å². The average molecular weight is 251 g/mol. The Hall–Kier alpha value is -1.36. The first-order chi connectivity index (χ1) is 8.65. The van der Waals surface area contributed by atoms with Crippen molar-refractivity contribution in [3.63, 3.8) is 0 Å². The van der Waals surface area contributed by atoms with Crippen LogP contribution >= 0.6 is 0 Å². The highest BCUT2D eigenvalue weighted by atomic mass is 16.4. The van der Waals surface area contributed by atoms with Gasteiger partial charge < -0.3 is 5.11 Å². The molecule has 1 aliphatic heterocycles. The van der Waals surface area contributed by atoms with Crippen molar-refractivity contribution in [1.29, 1.82) is 0 Å². The number of hydrogen-bond acceptors (Lipinski definition) is 3. The molecule has 1 fully saturated rings. The molecule has 0 amide bonds. The first-order valence-corrected chi connectivity index (χ1v) is 6.58. The first-order valence-electron chi connectivity index (χ1n) is 6.58. The number of hydrogen-bond donors (Lipinski definition) is 1. The Kier molecular flexibility index (Phi) is 4.36. The zero-order valence-corrected chi connectivity index (χ0v) is 10.9. The Morgan fingerprint density at radius 1 is 1.56 bits per heavy atom. The van der Waals surface area contributed by atoms with Gasteiger partial charge in [-0.15, -0.1) is 0 Å². The maximum Gasteiger partial charge on any atom is 0.304 e. The third kappa shape index (κ3) is 3.57. The predicted molar refractivity (Wildman–Crippen MR) is 68.4 cm³/mol. The van der Waals surface area contributed by atoms with E-state index in [0.717, 1.165) is 32.4 Å². The van der Waals surface area contributed by atoms with Gasteiger partial charge >= 0.3 is 5.97 Å². The molecule has 1 N–H and O–H groups in total. The lowest BCUT2D eigenvalue weighted by Crippen LogP contribution is -2.41. The molecule has 0 aliphatic carbocycles. The number of aryl methyl sites for hydroxylation is 1. The van der Waals surface area contributed by atoms with Crippen LogP contribution in [0.25, 0.3) is 0 Å². The normalized spacial score (nSPS) is 21.1. The standard InChI is InChI=1S/C13H21N3O2/c1-15-10-11(9-14-15)5-7-16-6-3-2-4-12(16)8-13(17)18/h9-10,12H,2-8H2,1H3,(H,17,18). The van der Waals surface area contributed by atoms with Gasteiger partial charge in [-0.2, -0.15) is 5.10 Å². The zero-order valence-electron chi connectivity index (χ0n) is 10.9. The van der Waals surface area contributed by atoms with Crippen LogP contribution in [0.1, 0.15) is 31.2 Å². The average Bonchev–Trinajstić information content (AvgIpc) is 2.73. The van der Waals surface area contributed by atoms with E-state index in [4.69, 9.17) is 5.11 Å². The van der Waals surface area contributed by atoms with Gasteiger partial charge in [0.15, 0.2) is 0 Å². The summed E-state index contributed by atoms with van der Waals surface area (Å²) in [5.74, 6) is -0.687. The molecule has 0 aromatic carbocycles. The number of likely N-dealkylation sites (tertiary alicyclic amines) is 1. The number of aromatic nitrogens is 2. The number of rotatable bonds is 5. The van der Waals surface area contributed by atoms with E-state index < -0.39 is 5.97 Å². The van der Waals surface area contributed by atoms with Crippen LogP contribution in [0.4, 0.5) is 0 Å². The molecule has 2 heterocycles. The summed E-state index contributed by atoms with van der Waals surface area (Å²) < 4.78 is 1.81.